The summed E-state index contributed by atoms with van der Waals surface area (Å²) in [5, 5.41) is 4.26. The molecule has 3 rings (SSSR count). The Balaban J connectivity index is 1.91. The minimum Gasteiger partial charge on any atom is -0.379 e. The quantitative estimate of drug-likeness (QED) is 0.786. The number of ketones is 1. The van der Waals surface area contributed by atoms with Crippen LogP contribution in [0.25, 0.3) is 0 Å². The smallest absolute Gasteiger partial charge is 0.201 e. The van der Waals surface area contributed by atoms with Gasteiger partial charge >= 0.3 is 0 Å². The van der Waals surface area contributed by atoms with Gasteiger partial charge < -0.3 is 4.74 Å². The van der Waals surface area contributed by atoms with Gasteiger partial charge in [-0.2, -0.15) is 5.10 Å². The second kappa shape index (κ2) is 5.66. The summed E-state index contributed by atoms with van der Waals surface area (Å²) in [4.78, 5) is 15.5. The van der Waals surface area contributed by atoms with E-state index in [4.69, 9.17) is 4.74 Å². The van der Waals surface area contributed by atoms with Gasteiger partial charge in [0.2, 0.25) is 5.78 Å². The molecule has 1 aliphatic carbocycles. The molecule has 5 heteroatoms. The van der Waals surface area contributed by atoms with Crippen molar-refractivity contribution < 1.29 is 9.53 Å². The minimum atomic E-state index is -0.309. The van der Waals surface area contributed by atoms with Crippen LogP contribution < -0.4 is 0 Å². The predicted molar refractivity (Wildman–Crippen MR) is 75.8 cm³/mol. The van der Waals surface area contributed by atoms with Gasteiger partial charge in [0.15, 0.2) is 0 Å². The molecule has 0 amide bonds. The number of aromatic nitrogens is 2. The average Bonchev–Trinajstić information content (AvgIpc) is 3.17. The standard InChI is InChI=1S/C15H23N3O2/c1-2-18-13(5-8-16-18)14(19)15(6-3-4-7-15)17-9-11-20-12-10-17/h5,8H,2-4,6-7,9-12H2,1H3. The van der Waals surface area contributed by atoms with Gasteiger partial charge in [-0.05, 0) is 25.8 Å². The highest BCUT2D eigenvalue weighted by Gasteiger charge is 2.47. The molecule has 2 fully saturated rings. The van der Waals surface area contributed by atoms with Crippen molar-refractivity contribution in [3.05, 3.63) is 18.0 Å². The van der Waals surface area contributed by atoms with Crippen molar-refractivity contribution in [3.8, 4) is 0 Å². The number of carbonyl (C=O) groups is 1. The fourth-order valence-corrected chi connectivity index (χ4v) is 3.65. The highest BCUT2D eigenvalue weighted by atomic mass is 16.5. The number of carbonyl (C=O) groups excluding carboxylic acids is 1. The van der Waals surface area contributed by atoms with E-state index < -0.39 is 0 Å². The number of morpholine rings is 1. The fraction of sp³-hybridized carbons (Fsp3) is 0.733. The summed E-state index contributed by atoms with van der Waals surface area (Å²) in [6.07, 6.45) is 5.97. The molecule has 20 heavy (non-hydrogen) atoms. The zero-order valence-electron chi connectivity index (χ0n) is 12.2. The first kappa shape index (κ1) is 13.8. The van der Waals surface area contributed by atoms with Crippen LogP contribution in [-0.2, 0) is 11.3 Å². The number of ether oxygens (including phenoxy) is 1. The van der Waals surface area contributed by atoms with Crippen molar-refractivity contribution in [2.45, 2.75) is 44.7 Å². The van der Waals surface area contributed by atoms with E-state index in [2.05, 4.69) is 10.00 Å². The lowest BCUT2D eigenvalue weighted by Crippen LogP contribution is -2.57. The summed E-state index contributed by atoms with van der Waals surface area (Å²) in [6.45, 7) is 5.98. The summed E-state index contributed by atoms with van der Waals surface area (Å²) < 4.78 is 7.27. The number of nitrogens with zero attached hydrogens (tertiary/aromatic N) is 3. The molecule has 2 heterocycles. The molecule has 110 valence electrons. The van der Waals surface area contributed by atoms with Crippen LogP contribution >= 0.6 is 0 Å². The Hall–Kier alpha value is -1.20. The van der Waals surface area contributed by atoms with Crippen molar-refractivity contribution in [3.63, 3.8) is 0 Å². The Morgan fingerprint density at radius 1 is 1.35 bits per heavy atom. The van der Waals surface area contributed by atoms with Crippen LogP contribution in [0.1, 0.15) is 43.1 Å². The lowest BCUT2D eigenvalue weighted by Gasteiger charge is -2.42. The SMILES string of the molecule is CCn1nccc1C(=O)C1(N2CCOCC2)CCCC1. The highest BCUT2D eigenvalue weighted by molar-refractivity contribution is 6.02. The third-order valence-corrected chi connectivity index (χ3v) is 4.72. The average molecular weight is 277 g/mol. The molecule has 0 aromatic carbocycles. The largest absolute Gasteiger partial charge is 0.379 e. The van der Waals surface area contributed by atoms with Gasteiger partial charge in [0.05, 0.1) is 18.8 Å². The Bertz CT molecular complexity index is 471. The van der Waals surface area contributed by atoms with Crippen LogP contribution in [0.3, 0.4) is 0 Å². The number of Topliss-reactive ketones (excluding diaryl/α,β-unsaturated/α-hetero) is 1. The summed E-state index contributed by atoms with van der Waals surface area (Å²) in [6, 6.07) is 1.87. The number of hydrogen-bond acceptors (Lipinski definition) is 4. The van der Waals surface area contributed by atoms with Crippen molar-refractivity contribution in [1.29, 1.82) is 0 Å². The van der Waals surface area contributed by atoms with Gasteiger partial charge in [0.25, 0.3) is 0 Å². The molecule has 1 aromatic rings. The lowest BCUT2D eigenvalue weighted by atomic mass is 9.87. The van der Waals surface area contributed by atoms with E-state index in [1.54, 1.807) is 6.20 Å². The molecule has 1 aliphatic heterocycles. The Kier molecular flexibility index (Phi) is 3.89. The van der Waals surface area contributed by atoms with Crippen LogP contribution in [0, 0.1) is 0 Å². The molecule has 1 saturated carbocycles. The Morgan fingerprint density at radius 3 is 2.70 bits per heavy atom. The normalized spacial score (nSPS) is 23.1. The van der Waals surface area contributed by atoms with Gasteiger partial charge in [0.1, 0.15) is 5.69 Å². The third kappa shape index (κ3) is 2.19. The number of hydrogen-bond donors (Lipinski definition) is 0. The Labute approximate surface area is 119 Å². The van der Waals surface area contributed by atoms with Gasteiger partial charge in [0, 0.05) is 25.8 Å². The maximum Gasteiger partial charge on any atom is 0.201 e. The summed E-state index contributed by atoms with van der Waals surface area (Å²) in [5.74, 6) is 0.260. The van der Waals surface area contributed by atoms with E-state index >= 15 is 0 Å². The van der Waals surface area contributed by atoms with Gasteiger partial charge in [-0.15, -0.1) is 0 Å². The van der Waals surface area contributed by atoms with Crippen LogP contribution in [0.5, 0.6) is 0 Å². The molecule has 2 aliphatic rings. The Morgan fingerprint density at radius 2 is 2.05 bits per heavy atom. The molecule has 0 spiro atoms. The van der Waals surface area contributed by atoms with Crippen LogP contribution in [0.4, 0.5) is 0 Å². The number of rotatable bonds is 4. The second-order valence-corrected chi connectivity index (χ2v) is 5.70. The fourth-order valence-electron chi connectivity index (χ4n) is 3.65. The topological polar surface area (TPSA) is 47.4 Å². The predicted octanol–water partition coefficient (Wildman–Crippen LogP) is 1.73. The molecule has 0 bridgehead atoms. The van der Waals surface area contributed by atoms with E-state index in [-0.39, 0.29) is 11.3 Å². The van der Waals surface area contributed by atoms with Gasteiger partial charge in [-0.3, -0.25) is 14.4 Å². The molecule has 5 nitrogen and oxygen atoms in total. The lowest BCUT2D eigenvalue weighted by molar-refractivity contribution is -0.0134. The molecule has 1 saturated heterocycles. The monoisotopic (exact) mass is 277 g/mol. The molecule has 0 N–H and O–H groups in total. The first-order valence-electron chi connectivity index (χ1n) is 7.67. The van der Waals surface area contributed by atoms with E-state index in [1.807, 2.05) is 17.7 Å². The first-order chi connectivity index (χ1) is 9.78. The summed E-state index contributed by atoms with van der Waals surface area (Å²) >= 11 is 0. The zero-order chi connectivity index (χ0) is 14.0. The number of aryl methyl sites for hydroxylation is 1. The van der Waals surface area contributed by atoms with Gasteiger partial charge in [-0.1, -0.05) is 12.8 Å². The van der Waals surface area contributed by atoms with E-state index in [0.717, 1.165) is 64.2 Å². The first-order valence-corrected chi connectivity index (χ1v) is 7.67. The van der Waals surface area contributed by atoms with E-state index in [0.29, 0.717) is 0 Å². The second-order valence-electron chi connectivity index (χ2n) is 5.70. The van der Waals surface area contributed by atoms with E-state index in [9.17, 15) is 4.79 Å². The zero-order valence-corrected chi connectivity index (χ0v) is 12.2. The molecule has 0 unspecified atom stereocenters. The van der Waals surface area contributed by atoms with Crippen molar-refractivity contribution >= 4 is 5.78 Å². The molecule has 1 aromatic heterocycles. The minimum absolute atomic E-state index is 0.260. The van der Waals surface area contributed by atoms with Crippen LogP contribution in [-0.4, -0.2) is 52.3 Å². The molecule has 0 atom stereocenters. The third-order valence-electron chi connectivity index (χ3n) is 4.72. The molecular weight excluding hydrogens is 254 g/mol. The maximum absolute atomic E-state index is 13.2. The van der Waals surface area contributed by atoms with Crippen LogP contribution in [0.2, 0.25) is 0 Å². The molecule has 0 radical (unpaired) electrons. The highest BCUT2D eigenvalue weighted by Crippen LogP contribution is 2.38. The molecular formula is C15H23N3O2. The van der Waals surface area contributed by atoms with Crippen molar-refractivity contribution in [1.82, 2.24) is 14.7 Å². The summed E-state index contributed by atoms with van der Waals surface area (Å²) in [5.41, 5.74) is 0.456. The van der Waals surface area contributed by atoms with Crippen LogP contribution in [0.15, 0.2) is 12.3 Å². The van der Waals surface area contributed by atoms with E-state index in [1.165, 1.54) is 0 Å². The van der Waals surface area contributed by atoms with Crippen molar-refractivity contribution in [2.24, 2.45) is 0 Å². The maximum atomic E-state index is 13.2. The van der Waals surface area contributed by atoms with Crippen molar-refractivity contribution in [2.75, 3.05) is 26.3 Å². The van der Waals surface area contributed by atoms with Gasteiger partial charge in [-0.25, -0.2) is 0 Å². The summed E-state index contributed by atoms with van der Waals surface area (Å²) in [7, 11) is 0.